The number of aromatic nitrogens is 1. The Morgan fingerprint density at radius 3 is 2.35 bits per heavy atom. The van der Waals surface area contributed by atoms with Crippen LogP contribution in [-0.4, -0.2) is 37.6 Å². The third-order valence-corrected chi connectivity index (χ3v) is 2.04. The maximum atomic E-state index is 11.9. The molecule has 0 saturated heterocycles. The third kappa shape index (κ3) is 3.61. The molecule has 0 atom stereocenters. The fourth-order valence-electron chi connectivity index (χ4n) is 1.40. The van der Waals surface area contributed by atoms with Crippen molar-refractivity contribution in [2.24, 2.45) is 0 Å². The number of ether oxygens (including phenoxy) is 1. The molecule has 0 aromatic carbocycles. The molecule has 6 heteroatoms. The summed E-state index contributed by atoms with van der Waals surface area (Å²) in [6.07, 6.45) is 1.17. The Morgan fingerprint density at radius 1 is 1.29 bits per heavy atom. The first-order valence-electron chi connectivity index (χ1n) is 5.35. The predicted molar refractivity (Wildman–Crippen MR) is 65.5 cm³/mol. The molecule has 0 aliphatic heterocycles. The second-order valence-electron chi connectivity index (χ2n) is 4.59. The van der Waals surface area contributed by atoms with Gasteiger partial charge in [0.05, 0.1) is 5.59 Å². The van der Waals surface area contributed by atoms with E-state index in [1.165, 1.54) is 18.8 Å². The van der Waals surface area contributed by atoms with Crippen molar-refractivity contribution in [2.75, 3.05) is 14.2 Å². The molecule has 0 radical (unpaired) electrons. The number of nitrogens with zero attached hydrogens (tertiary/aromatic N) is 1. The number of carbonyl (C=O) groups is 1. The zero-order chi connectivity index (χ0) is 13.1. The van der Waals surface area contributed by atoms with Crippen molar-refractivity contribution in [1.82, 2.24) is 4.57 Å². The minimum Gasteiger partial charge on any atom is -0.443 e. The SMILES string of the molecule is COB(OC)c1cccn1C(=O)OC(C)(C)C. The lowest BCUT2D eigenvalue weighted by Crippen LogP contribution is -2.43. The van der Waals surface area contributed by atoms with Crippen LogP contribution in [0.2, 0.25) is 0 Å². The van der Waals surface area contributed by atoms with Crippen LogP contribution in [0.5, 0.6) is 0 Å². The molecule has 0 aliphatic rings. The Balaban J connectivity index is 2.92. The Kier molecular flexibility index (Phi) is 4.37. The maximum Gasteiger partial charge on any atom is 0.511 e. The molecule has 0 aliphatic carbocycles. The molecule has 1 rings (SSSR count). The summed E-state index contributed by atoms with van der Waals surface area (Å²) >= 11 is 0. The zero-order valence-corrected chi connectivity index (χ0v) is 10.9. The predicted octanol–water partition coefficient (Wildman–Crippen LogP) is 1.26. The monoisotopic (exact) mass is 239 g/mol. The number of hydrogen-bond acceptors (Lipinski definition) is 4. The molecule has 0 spiro atoms. The van der Waals surface area contributed by atoms with Gasteiger partial charge in [0.1, 0.15) is 5.60 Å². The van der Waals surface area contributed by atoms with Crippen molar-refractivity contribution < 1.29 is 18.8 Å². The summed E-state index contributed by atoms with van der Waals surface area (Å²) < 4.78 is 16.9. The fourth-order valence-corrected chi connectivity index (χ4v) is 1.40. The first kappa shape index (κ1) is 13.8. The number of carbonyl (C=O) groups excluding carboxylic acids is 1. The topological polar surface area (TPSA) is 49.7 Å². The van der Waals surface area contributed by atoms with Gasteiger partial charge in [0.25, 0.3) is 0 Å². The van der Waals surface area contributed by atoms with E-state index in [4.69, 9.17) is 14.0 Å². The molecule has 0 amide bonds. The van der Waals surface area contributed by atoms with E-state index in [0.717, 1.165) is 0 Å². The molecular formula is C11H18BNO4. The highest BCUT2D eigenvalue weighted by Gasteiger charge is 2.26. The van der Waals surface area contributed by atoms with Crippen LogP contribution in [0.1, 0.15) is 20.8 Å². The average Bonchev–Trinajstić information content (AvgIpc) is 2.66. The summed E-state index contributed by atoms with van der Waals surface area (Å²) in [4.78, 5) is 11.9. The lowest BCUT2D eigenvalue weighted by atomic mass is 9.85. The quantitative estimate of drug-likeness (QED) is 0.745. The van der Waals surface area contributed by atoms with Crippen molar-refractivity contribution in [3.05, 3.63) is 18.3 Å². The molecule has 0 bridgehead atoms. The van der Waals surface area contributed by atoms with Gasteiger partial charge in [-0.25, -0.2) is 4.79 Å². The van der Waals surface area contributed by atoms with Crippen LogP contribution in [0.3, 0.4) is 0 Å². The summed E-state index contributed by atoms with van der Waals surface area (Å²) in [6, 6.07) is 3.49. The molecule has 94 valence electrons. The summed E-state index contributed by atoms with van der Waals surface area (Å²) in [6.45, 7) is 5.45. The van der Waals surface area contributed by atoms with Crippen LogP contribution in [-0.2, 0) is 14.0 Å². The van der Waals surface area contributed by atoms with E-state index >= 15 is 0 Å². The van der Waals surface area contributed by atoms with Gasteiger partial charge in [-0.3, -0.25) is 4.57 Å². The molecule has 5 nitrogen and oxygen atoms in total. The Hall–Kier alpha value is -1.27. The molecule has 1 aromatic rings. The normalized spacial score (nSPS) is 11.4. The van der Waals surface area contributed by atoms with Crippen LogP contribution in [0.25, 0.3) is 0 Å². The Morgan fingerprint density at radius 2 is 1.88 bits per heavy atom. The van der Waals surface area contributed by atoms with Crippen LogP contribution in [0.15, 0.2) is 18.3 Å². The van der Waals surface area contributed by atoms with Gasteiger partial charge in [-0.05, 0) is 32.9 Å². The van der Waals surface area contributed by atoms with E-state index in [1.807, 2.05) is 20.8 Å². The average molecular weight is 239 g/mol. The highest BCUT2D eigenvalue weighted by Crippen LogP contribution is 2.08. The molecular weight excluding hydrogens is 221 g/mol. The van der Waals surface area contributed by atoms with E-state index in [-0.39, 0.29) is 0 Å². The highest BCUT2D eigenvalue weighted by molar-refractivity contribution is 6.60. The van der Waals surface area contributed by atoms with Crippen molar-refractivity contribution in [3.63, 3.8) is 0 Å². The van der Waals surface area contributed by atoms with Crippen LogP contribution >= 0.6 is 0 Å². The van der Waals surface area contributed by atoms with Crippen molar-refractivity contribution >= 4 is 18.8 Å². The smallest absolute Gasteiger partial charge is 0.443 e. The summed E-state index contributed by atoms with van der Waals surface area (Å²) in [7, 11) is 2.44. The minimum absolute atomic E-state index is 0.448. The summed E-state index contributed by atoms with van der Waals surface area (Å²) in [5.74, 6) is 0. The van der Waals surface area contributed by atoms with E-state index < -0.39 is 18.8 Å². The van der Waals surface area contributed by atoms with Gasteiger partial charge in [-0.2, -0.15) is 0 Å². The Bertz CT molecular complexity index is 379. The van der Waals surface area contributed by atoms with Crippen LogP contribution in [0.4, 0.5) is 4.79 Å². The molecule has 17 heavy (non-hydrogen) atoms. The molecule has 1 heterocycles. The minimum atomic E-state index is -0.586. The first-order chi connectivity index (χ1) is 7.89. The van der Waals surface area contributed by atoms with E-state index in [0.29, 0.717) is 5.59 Å². The second kappa shape index (κ2) is 5.38. The summed E-state index contributed by atoms with van der Waals surface area (Å²) in [5.41, 5.74) is 0.0677. The number of hydrogen-bond donors (Lipinski definition) is 0. The van der Waals surface area contributed by atoms with Crippen molar-refractivity contribution in [3.8, 4) is 0 Å². The van der Waals surface area contributed by atoms with Crippen molar-refractivity contribution in [1.29, 1.82) is 0 Å². The van der Waals surface area contributed by atoms with Gasteiger partial charge in [-0.1, -0.05) is 0 Å². The van der Waals surface area contributed by atoms with Gasteiger partial charge < -0.3 is 14.0 Å². The van der Waals surface area contributed by atoms with Crippen molar-refractivity contribution in [2.45, 2.75) is 26.4 Å². The maximum absolute atomic E-state index is 11.9. The van der Waals surface area contributed by atoms with Gasteiger partial charge in [0.2, 0.25) is 0 Å². The van der Waals surface area contributed by atoms with Crippen LogP contribution < -0.4 is 5.59 Å². The largest absolute Gasteiger partial charge is 0.511 e. The van der Waals surface area contributed by atoms with Gasteiger partial charge in [0.15, 0.2) is 0 Å². The summed E-state index contributed by atoms with van der Waals surface area (Å²) in [5, 5.41) is 0. The van der Waals surface area contributed by atoms with E-state index in [1.54, 1.807) is 18.3 Å². The highest BCUT2D eigenvalue weighted by atomic mass is 16.6. The first-order valence-corrected chi connectivity index (χ1v) is 5.35. The van der Waals surface area contributed by atoms with Gasteiger partial charge in [0, 0.05) is 20.4 Å². The molecule has 0 unspecified atom stereocenters. The molecule has 1 aromatic heterocycles. The van der Waals surface area contributed by atoms with Gasteiger partial charge in [-0.15, -0.1) is 0 Å². The fraction of sp³-hybridized carbons (Fsp3) is 0.545. The third-order valence-electron chi connectivity index (χ3n) is 2.04. The zero-order valence-electron chi connectivity index (χ0n) is 10.9. The van der Waals surface area contributed by atoms with Crippen LogP contribution in [0, 0.1) is 0 Å². The lowest BCUT2D eigenvalue weighted by molar-refractivity contribution is 0.0540. The molecule has 0 N–H and O–H groups in total. The standard InChI is InChI=1S/C11H18BNO4/c1-11(2,3)17-10(14)13-8-6-7-9(13)12(15-4)16-5/h6-8H,1-5H3. The second-order valence-corrected chi connectivity index (χ2v) is 4.59. The molecule has 0 saturated carbocycles. The van der Waals surface area contributed by atoms with E-state index in [2.05, 4.69) is 0 Å². The Labute approximate surface area is 102 Å². The van der Waals surface area contributed by atoms with Gasteiger partial charge >= 0.3 is 13.2 Å². The number of rotatable bonds is 3. The lowest BCUT2D eigenvalue weighted by Gasteiger charge is -2.21. The van der Waals surface area contributed by atoms with E-state index in [9.17, 15) is 4.79 Å². The molecule has 0 fully saturated rings.